The van der Waals surface area contributed by atoms with E-state index in [1.807, 2.05) is 0 Å². The minimum atomic E-state index is -0.518. The molecule has 0 saturated carbocycles. The maximum Gasteiger partial charge on any atom is 0.254 e. The molecule has 5 nitrogen and oxygen atoms in total. The first-order valence-corrected chi connectivity index (χ1v) is 8.28. The van der Waals surface area contributed by atoms with E-state index in [-0.39, 0.29) is 11.8 Å². The van der Waals surface area contributed by atoms with E-state index in [0.29, 0.717) is 34.3 Å². The van der Waals surface area contributed by atoms with Crippen molar-refractivity contribution in [2.24, 2.45) is 0 Å². The molecular formula is C17H15Cl2N3O2. The summed E-state index contributed by atoms with van der Waals surface area (Å²) in [6.45, 7) is 0.522. The van der Waals surface area contributed by atoms with Gasteiger partial charge in [0.1, 0.15) is 6.04 Å². The van der Waals surface area contributed by atoms with Gasteiger partial charge in [-0.2, -0.15) is 0 Å². The summed E-state index contributed by atoms with van der Waals surface area (Å²) in [4.78, 5) is 30.8. The molecule has 7 heteroatoms. The molecule has 1 saturated heterocycles. The Morgan fingerprint density at radius 2 is 1.96 bits per heavy atom. The highest BCUT2D eigenvalue weighted by molar-refractivity contribution is 6.35. The van der Waals surface area contributed by atoms with Gasteiger partial charge in [-0.25, -0.2) is 0 Å². The quantitative estimate of drug-likeness (QED) is 0.905. The van der Waals surface area contributed by atoms with Crippen LogP contribution in [0.25, 0.3) is 0 Å². The van der Waals surface area contributed by atoms with Crippen LogP contribution in [0.4, 0.5) is 5.69 Å². The molecule has 0 bridgehead atoms. The smallest absolute Gasteiger partial charge is 0.254 e. The second-order valence-electron chi connectivity index (χ2n) is 5.55. The van der Waals surface area contributed by atoms with Crippen LogP contribution in [0.5, 0.6) is 0 Å². The molecule has 1 N–H and O–H groups in total. The van der Waals surface area contributed by atoms with Gasteiger partial charge in [0, 0.05) is 28.4 Å². The number of anilines is 1. The van der Waals surface area contributed by atoms with Crippen molar-refractivity contribution in [3.05, 3.63) is 58.3 Å². The van der Waals surface area contributed by atoms with Gasteiger partial charge in [-0.05, 0) is 43.2 Å². The van der Waals surface area contributed by atoms with E-state index in [1.54, 1.807) is 47.6 Å². The standard InChI is InChI=1S/C17H15Cl2N3O2/c18-12-7-11(8-13(19)9-12)17(24)22-6-2-4-15(22)16(23)21-14-3-1-5-20-10-14/h1,3,5,7-10,15H,2,4,6H2,(H,21,23). The molecular weight excluding hydrogens is 349 g/mol. The summed E-state index contributed by atoms with van der Waals surface area (Å²) in [6, 6.07) is 7.66. The van der Waals surface area contributed by atoms with E-state index < -0.39 is 6.04 Å². The van der Waals surface area contributed by atoms with Crippen LogP contribution < -0.4 is 5.32 Å². The summed E-state index contributed by atoms with van der Waals surface area (Å²) in [5, 5.41) is 3.58. The number of rotatable bonds is 3. The molecule has 1 aromatic heterocycles. The van der Waals surface area contributed by atoms with E-state index in [4.69, 9.17) is 23.2 Å². The molecule has 1 aliphatic heterocycles. The van der Waals surface area contributed by atoms with Crippen molar-refractivity contribution in [2.75, 3.05) is 11.9 Å². The van der Waals surface area contributed by atoms with Gasteiger partial charge in [-0.3, -0.25) is 14.6 Å². The molecule has 2 amide bonds. The summed E-state index contributed by atoms with van der Waals surface area (Å²) in [6.07, 6.45) is 4.58. The first-order chi connectivity index (χ1) is 11.5. The van der Waals surface area contributed by atoms with Gasteiger partial charge < -0.3 is 10.2 Å². The van der Waals surface area contributed by atoms with E-state index in [9.17, 15) is 9.59 Å². The van der Waals surface area contributed by atoms with E-state index in [2.05, 4.69) is 10.3 Å². The molecule has 1 aliphatic rings. The molecule has 0 radical (unpaired) electrons. The lowest BCUT2D eigenvalue weighted by atomic mass is 10.1. The number of carbonyl (C=O) groups is 2. The van der Waals surface area contributed by atoms with Gasteiger partial charge in [0.2, 0.25) is 5.91 Å². The number of pyridine rings is 1. The topological polar surface area (TPSA) is 62.3 Å². The van der Waals surface area contributed by atoms with Crippen LogP contribution in [0.1, 0.15) is 23.2 Å². The summed E-state index contributed by atoms with van der Waals surface area (Å²) in [5.41, 5.74) is 0.987. The second kappa shape index (κ2) is 7.20. The summed E-state index contributed by atoms with van der Waals surface area (Å²) < 4.78 is 0. The average Bonchev–Trinajstić information content (AvgIpc) is 3.04. The third kappa shape index (κ3) is 3.68. The number of halogens is 2. The zero-order chi connectivity index (χ0) is 17.1. The van der Waals surface area contributed by atoms with Crippen LogP contribution in [-0.4, -0.2) is 34.3 Å². The molecule has 0 spiro atoms. The van der Waals surface area contributed by atoms with E-state index >= 15 is 0 Å². The highest BCUT2D eigenvalue weighted by Gasteiger charge is 2.34. The van der Waals surface area contributed by atoms with Gasteiger partial charge in [0.05, 0.1) is 11.9 Å². The number of aromatic nitrogens is 1. The fourth-order valence-corrected chi connectivity index (χ4v) is 3.31. The lowest BCUT2D eigenvalue weighted by molar-refractivity contribution is -0.119. The molecule has 0 aliphatic carbocycles. The number of nitrogens with zero attached hydrogens (tertiary/aromatic N) is 2. The Balaban J connectivity index is 1.77. The molecule has 1 atom stereocenters. The third-order valence-corrected chi connectivity index (χ3v) is 4.29. The van der Waals surface area contributed by atoms with Crippen LogP contribution in [0.3, 0.4) is 0 Å². The SMILES string of the molecule is O=C(Nc1cccnc1)C1CCCN1C(=O)c1cc(Cl)cc(Cl)c1. The number of likely N-dealkylation sites (tertiary alicyclic amines) is 1. The summed E-state index contributed by atoms with van der Waals surface area (Å²) in [7, 11) is 0. The Morgan fingerprint density at radius 3 is 2.62 bits per heavy atom. The number of hydrogen-bond donors (Lipinski definition) is 1. The highest BCUT2D eigenvalue weighted by Crippen LogP contribution is 2.25. The van der Waals surface area contributed by atoms with Crippen LogP contribution >= 0.6 is 23.2 Å². The van der Waals surface area contributed by atoms with E-state index in [0.717, 1.165) is 6.42 Å². The number of amides is 2. The lowest BCUT2D eigenvalue weighted by Gasteiger charge is -2.24. The van der Waals surface area contributed by atoms with Gasteiger partial charge in [-0.1, -0.05) is 23.2 Å². The first-order valence-electron chi connectivity index (χ1n) is 7.52. The maximum absolute atomic E-state index is 12.7. The normalized spacial score (nSPS) is 16.9. The Hall–Kier alpha value is -2.11. The van der Waals surface area contributed by atoms with Crippen molar-refractivity contribution in [3.8, 4) is 0 Å². The second-order valence-corrected chi connectivity index (χ2v) is 6.42. The average molecular weight is 364 g/mol. The Morgan fingerprint density at radius 1 is 1.21 bits per heavy atom. The fraction of sp³-hybridized carbons (Fsp3) is 0.235. The van der Waals surface area contributed by atoms with E-state index in [1.165, 1.54) is 0 Å². The molecule has 24 heavy (non-hydrogen) atoms. The van der Waals surface area contributed by atoms with Crippen molar-refractivity contribution >= 4 is 40.7 Å². The molecule has 124 valence electrons. The Bertz CT molecular complexity index is 747. The predicted molar refractivity (Wildman–Crippen MR) is 93.4 cm³/mol. The fourth-order valence-electron chi connectivity index (χ4n) is 2.79. The van der Waals surface area contributed by atoms with Gasteiger partial charge in [0.25, 0.3) is 5.91 Å². The highest BCUT2D eigenvalue weighted by atomic mass is 35.5. The van der Waals surface area contributed by atoms with Gasteiger partial charge in [-0.15, -0.1) is 0 Å². The monoisotopic (exact) mass is 363 g/mol. The number of hydrogen-bond acceptors (Lipinski definition) is 3. The number of carbonyl (C=O) groups excluding carboxylic acids is 2. The van der Waals surface area contributed by atoms with Crippen molar-refractivity contribution in [3.63, 3.8) is 0 Å². The van der Waals surface area contributed by atoms with Crippen LogP contribution in [0.2, 0.25) is 10.0 Å². The number of benzene rings is 1. The predicted octanol–water partition coefficient (Wildman–Crippen LogP) is 3.63. The van der Waals surface area contributed by atoms with Crippen molar-refractivity contribution in [1.82, 2.24) is 9.88 Å². The van der Waals surface area contributed by atoms with Crippen LogP contribution in [0, 0.1) is 0 Å². The van der Waals surface area contributed by atoms with Crippen molar-refractivity contribution < 1.29 is 9.59 Å². The molecule has 1 fully saturated rings. The Labute approximate surface area is 149 Å². The third-order valence-electron chi connectivity index (χ3n) is 3.85. The van der Waals surface area contributed by atoms with Crippen molar-refractivity contribution in [1.29, 1.82) is 0 Å². The zero-order valence-corrected chi connectivity index (χ0v) is 14.2. The molecule has 1 unspecified atom stereocenters. The Kier molecular flexibility index (Phi) is 5.02. The lowest BCUT2D eigenvalue weighted by Crippen LogP contribution is -2.43. The molecule has 2 aromatic rings. The first kappa shape index (κ1) is 16.7. The van der Waals surface area contributed by atoms with Crippen LogP contribution in [0.15, 0.2) is 42.7 Å². The molecule has 3 rings (SSSR count). The molecule has 2 heterocycles. The number of nitrogens with one attached hydrogen (secondary N) is 1. The van der Waals surface area contributed by atoms with Gasteiger partial charge >= 0.3 is 0 Å². The van der Waals surface area contributed by atoms with Crippen LogP contribution in [-0.2, 0) is 4.79 Å². The molecule has 1 aromatic carbocycles. The van der Waals surface area contributed by atoms with Crippen molar-refractivity contribution in [2.45, 2.75) is 18.9 Å². The largest absolute Gasteiger partial charge is 0.327 e. The minimum absolute atomic E-state index is 0.220. The maximum atomic E-state index is 12.7. The zero-order valence-electron chi connectivity index (χ0n) is 12.7. The summed E-state index contributed by atoms with van der Waals surface area (Å²) >= 11 is 11.9. The van der Waals surface area contributed by atoms with Gasteiger partial charge in [0.15, 0.2) is 0 Å². The minimum Gasteiger partial charge on any atom is -0.327 e. The summed E-state index contributed by atoms with van der Waals surface area (Å²) in [5.74, 6) is -0.467.